The van der Waals surface area contributed by atoms with Gasteiger partial charge in [-0.25, -0.2) is 4.39 Å². The summed E-state index contributed by atoms with van der Waals surface area (Å²) in [6, 6.07) is 8.55. The van der Waals surface area contributed by atoms with Crippen LogP contribution in [-0.4, -0.2) is 0 Å². The van der Waals surface area contributed by atoms with Gasteiger partial charge in [0.2, 0.25) is 0 Å². The van der Waals surface area contributed by atoms with E-state index in [1.807, 2.05) is 0 Å². The lowest BCUT2D eigenvalue weighted by atomic mass is 10.1. The molecule has 0 unspecified atom stereocenters. The van der Waals surface area contributed by atoms with E-state index in [1.165, 1.54) is 24.3 Å². The normalized spacial score (nSPS) is 10.9. The Balaban J connectivity index is 0.00000220. The second kappa shape index (κ2) is 6.67. The van der Waals surface area contributed by atoms with Gasteiger partial charge in [0.1, 0.15) is 18.2 Å². The van der Waals surface area contributed by atoms with Gasteiger partial charge in [-0.15, -0.1) is 12.4 Å². The molecular formula is C14H12ClF4NO. The largest absolute Gasteiger partial charge is 0.489 e. The third kappa shape index (κ3) is 4.53. The highest BCUT2D eigenvalue weighted by Crippen LogP contribution is 2.29. The number of anilines is 1. The highest BCUT2D eigenvalue weighted by Gasteiger charge is 2.29. The summed E-state index contributed by atoms with van der Waals surface area (Å²) in [6.45, 7) is 0.0432. The number of hydrogen-bond donors (Lipinski definition) is 1. The van der Waals surface area contributed by atoms with Gasteiger partial charge in [0, 0.05) is 6.07 Å². The van der Waals surface area contributed by atoms with Gasteiger partial charge < -0.3 is 10.5 Å². The van der Waals surface area contributed by atoms with Crippen molar-refractivity contribution in [3.8, 4) is 5.75 Å². The van der Waals surface area contributed by atoms with Crippen LogP contribution in [-0.2, 0) is 12.8 Å². The molecule has 0 fully saturated rings. The van der Waals surface area contributed by atoms with Crippen molar-refractivity contribution in [3.63, 3.8) is 0 Å². The molecule has 2 aromatic carbocycles. The van der Waals surface area contributed by atoms with Gasteiger partial charge >= 0.3 is 6.18 Å². The van der Waals surface area contributed by atoms with Crippen molar-refractivity contribution in [2.75, 3.05) is 5.73 Å². The summed E-state index contributed by atoms with van der Waals surface area (Å²) in [6.07, 6.45) is -4.36. The first-order valence-electron chi connectivity index (χ1n) is 5.70. The third-order valence-electron chi connectivity index (χ3n) is 2.66. The minimum atomic E-state index is -4.36. The molecule has 0 aliphatic rings. The van der Waals surface area contributed by atoms with Crippen molar-refractivity contribution in [2.24, 2.45) is 0 Å². The number of nitrogen functional groups attached to an aromatic ring is 1. The second-order valence-corrected chi connectivity index (χ2v) is 4.17. The summed E-state index contributed by atoms with van der Waals surface area (Å²) in [5.74, 6) is -0.341. The molecule has 0 atom stereocenters. The first-order valence-corrected chi connectivity index (χ1v) is 5.70. The van der Waals surface area contributed by atoms with Crippen LogP contribution >= 0.6 is 12.4 Å². The summed E-state index contributed by atoms with van der Waals surface area (Å²) >= 11 is 0. The lowest BCUT2D eigenvalue weighted by Crippen LogP contribution is -2.05. The molecule has 0 radical (unpaired) electrons. The van der Waals surface area contributed by atoms with Crippen LogP contribution in [0, 0.1) is 5.82 Å². The number of ether oxygens (including phenoxy) is 1. The molecule has 0 aliphatic carbocycles. The predicted molar refractivity (Wildman–Crippen MR) is 73.8 cm³/mol. The van der Waals surface area contributed by atoms with E-state index in [1.54, 1.807) is 0 Å². The Kier molecular flexibility index (Phi) is 5.43. The van der Waals surface area contributed by atoms with Crippen LogP contribution in [0.5, 0.6) is 5.75 Å². The highest BCUT2D eigenvalue weighted by atomic mass is 35.5. The Morgan fingerprint density at radius 2 is 1.62 bits per heavy atom. The fraction of sp³-hybridized carbons (Fsp3) is 0.143. The molecule has 0 spiro atoms. The molecule has 2 nitrogen and oxygen atoms in total. The molecule has 0 saturated carbocycles. The van der Waals surface area contributed by atoms with E-state index >= 15 is 0 Å². The number of rotatable bonds is 3. The van der Waals surface area contributed by atoms with Gasteiger partial charge in [-0.1, -0.05) is 12.1 Å². The summed E-state index contributed by atoms with van der Waals surface area (Å²) in [4.78, 5) is 0. The zero-order valence-corrected chi connectivity index (χ0v) is 11.5. The average Bonchev–Trinajstić information content (AvgIpc) is 2.40. The summed E-state index contributed by atoms with van der Waals surface area (Å²) < 4.78 is 55.5. The Labute approximate surface area is 124 Å². The number of halogens is 5. The quantitative estimate of drug-likeness (QED) is 0.670. The third-order valence-corrected chi connectivity index (χ3v) is 2.66. The lowest BCUT2D eigenvalue weighted by molar-refractivity contribution is -0.137. The fourth-order valence-corrected chi connectivity index (χ4v) is 1.55. The van der Waals surface area contributed by atoms with Crippen LogP contribution in [0.25, 0.3) is 0 Å². The van der Waals surface area contributed by atoms with Crippen LogP contribution in [0.1, 0.15) is 11.1 Å². The molecule has 0 amide bonds. The van der Waals surface area contributed by atoms with Crippen molar-refractivity contribution in [1.29, 1.82) is 0 Å². The maximum Gasteiger partial charge on any atom is 0.416 e. The fourth-order valence-electron chi connectivity index (χ4n) is 1.55. The van der Waals surface area contributed by atoms with Gasteiger partial charge in [0.15, 0.2) is 0 Å². The van der Waals surface area contributed by atoms with Gasteiger partial charge in [-0.3, -0.25) is 0 Å². The molecule has 21 heavy (non-hydrogen) atoms. The van der Waals surface area contributed by atoms with Crippen LogP contribution in [0.2, 0.25) is 0 Å². The number of alkyl halides is 3. The standard InChI is InChI=1S/C14H11F4NO.ClH/c15-12-7-11(5-6-13(12)19)20-8-9-1-3-10(4-2-9)14(16,17)18;/h1-7H,8,19H2;1H. The molecule has 0 aliphatic heterocycles. The minimum absolute atomic E-state index is 0. The van der Waals surface area contributed by atoms with Crippen molar-refractivity contribution in [1.82, 2.24) is 0 Å². The maximum absolute atomic E-state index is 13.2. The molecule has 0 heterocycles. The van der Waals surface area contributed by atoms with Crippen molar-refractivity contribution < 1.29 is 22.3 Å². The molecule has 2 aromatic rings. The van der Waals surface area contributed by atoms with Crippen LogP contribution in [0.4, 0.5) is 23.2 Å². The first-order chi connectivity index (χ1) is 9.36. The molecule has 0 saturated heterocycles. The first kappa shape index (κ1) is 17.1. The minimum Gasteiger partial charge on any atom is -0.489 e. The van der Waals surface area contributed by atoms with Gasteiger partial charge in [0.05, 0.1) is 11.3 Å². The summed E-state index contributed by atoms with van der Waals surface area (Å²) in [5, 5.41) is 0. The van der Waals surface area contributed by atoms with E-state index in [2.05, 4.69) is 0 Å². The number of benzene rings is 2. The van der Waals surface area contributed by atoms with Gasteiger partial charge in [0.25, 0.3) is 0 Å². The van der Waals surface area contributed by atoms with E-state index in [0.29, 0.717) is 5.56 Å². The van der Waals surface area contributed by atoms with E-state index < -0.39 is 17.6 Å². The van der Waals surface area contributed by atoms with Crippen molar-refractivity contribution in [2.45, 2.75) is 12.8 Å². The highest BCUT2D eigenvalue weighted by molar-refractivity contribution is 5.85. The monoisotopic (exact) mass is 321 g/mol. The zero-order chi connectivity index (χ0) is 14.8. The average molecular weight is 322 g/mol. The van der Waals surface area contributed by atoms with E-state index in [-0.39, 0.29) is 30.5 Å². The van der Waals surface area contributed by atoms with Crippen molar-refractivity contribution in [3.05, 3.63) is 59.4 Å². The van der Waals surface area contributed by atoms with Crippen LogP contribution in [0.3, 0.4) is 0 Å². The molecule has 2 N–H and O–H groups in total. The smallest absolute Gasteiger partial charge is 0.416 e. The molecule has 0 bridgehead atoms. The Bertz CT molecular complexity index is 599. The number of hydrogen-bond acceptors (Lipinski definition) is 2. The number of nitrogens with two attached hydrogens (primary N) is 1. The molecular weight excluding hydrogens is 310 g/mol. The summed E-state index contributed by atoms with van der Waals surface area (Å²) in [7, 11) is 0. The maximum atomic E-state index is 13.2. The Morgan fingerprint density at radius 1 is 1.00 bits per heavy atom. The molecule has 114 valence electrons. The van der Waals surface area contributed by atoms with E-state index in [0.717, 1.165) is 18.2 Å². The molecule has 2 rings (SSSR count). The summed E-state index contributed by atoms with van der Waals surface area (Å²) in [5.41, 5.74) is 5.15. The Morgan fingerprint density at radius 3 is 2.14 bits per heavy atom. The lowest BCUT2D eigenvalue weighted by Gasteiger charge is -2.09. The Hall–Kier alpha value is -1.95. The van der Waals surface area contributed by atoms with Gasteiger partial charge in [-0.2, -0.15) is 13.2 Å². The zero-order valence-electron chi connectivity index (χ0n) is 10.7. The van der Waals surface area contributed by atoms with Gasteiger partial charge in [-0.05, 0) is 29.8 Å². The molecule has 0 aromatic heterocycles. The van der Waals surface area contributed by atoms with Crippen molar-refractivity contribution >= 4 is 18.1 Å². The second-order valence-electron chi connectivity index (χ2n) is 4.17. The van der Waals surface area contributed by atoms with Crippen LogP contribution < -0.4 is 10.5 Å². The van der Waals surface area contributed by atoms with E-state index in [9.17, 15) is 17.6 Å². The van der Waals surface area contributed by atoms with Crippen LogP contribution in [0.15, 0.2) is 42.5 Å². The predicted octanol–water partition coefficient (Wildman–Crippen LogP) is 4.43. The van der Waals surface area contributed by atoms with E-state index in [4.69, 9.17) is 10.5 Å². The SMILES string of the molecule is Cl.Nc1ccc(OCc2ccc(C(F)(F)F)cc2)cc1F. The molecule has 7 heteroatoms. The topological polar surface area (TPSA) is 35.2 Å².